The number of nitrogens with one attached hydrogen (secondary N) is 2. The summed E-state index contributed by atoms with van der Waals surface area (Å²) < 4.78 is 6.47. The molecule has 0 aliphatic carbocycles. The van der Waals surface area contributed by atoms with E-state index in [9.17, 15) is 4.79 Å². The van der Waals surface area contributed by atoms with Gasteiger partial charge < -0.3 is 19.9 Å². The molecule has 0 atom stereocenters. The third-order valence-corrected chi connectivity index (χ3v) is 6.12. The number of hydrogen-bond donors (Lipinski definition) is 2. The minimum Gasteiger partial charge on any atom is -0.493 e. The number of halogens is 1. The number of hydrogen-bond acceptors (Lipinski definition) is 4. The van der Waals surface area contributed by atoms with Crippen molar-refractivity contribution in [3.8, 4) is 17.1 Å². The molecule has 0 radical (unpaired) electrons. The maximum Gasteiger partial charge on any atom is 0.265 e. The lowest BCUT2D eigenvalue weighted by Gasteiger charge is -2.30. The quantitative estimate of drug-likeness (QED) is 0.391. The van der Waals surface area contributed by atoms with E-state index in [1.807, 2.05) is 39.0 Å². The molecule has 1 aromatic carbocycles. The number of guanidine groups is 1. The summed E-state index contributed by atoms with van der Waals surface area (Å²) in [6.07, 6.45) is 4.52. The third kappa shape index (κ3) is 5.91. The van der Waals surface area contributed by atoms with Crippen LogP contribution in [-0.2, 0) is 0 Å². The molecule has 32 heavy (non-hydrogen) atoms. The Morgan fingerprint density at radius 1 is 1.28 bits per heavy atom. The number of benzene rings is 1. The molecule has 8 heteroatoms. The number of anilines is 1. The highest BCUT2D eigenvalue weighted by Crippen LogP contribution is 2.32. The van der Waals surface area contributed by atoms with Crippen LogP contribution in [0.15, 0.2) is 32.5 Å². The van der Waals surface area contributed by atoms with E-state index in [0.29, 0.717) is 29.2 Å². The second kappa shape index (κ2) is 11.5. The summed E-state index contributed by atoms with van der Waals surface area (Å²) >= 11 is 3.39. The standard InChI is InChI=1S/C24H34BrN5O2/c1-5-14-32-19-11-10-17(27-24(26-6-2)30-12-8-7-9-13-30)15-18(19)22-28-21(16(3)4)20(25)23(31)29-22/h10-11,15-16H,5-9,12-14H2,1-4H3,(H,26,27)(H,28,29,31). The molecule has 3 rings (SSSR count). The fraction of sp³-hybridized carbons (Fsp3) is 0.542. The van der Waals surface area contributed by atoms with E-state index in [1.54, 1.807) is 0 Å². The molecule has 1 aromatic heterocycles. The Morgan fingerprint density at radius 2 is 2.03 bits per heavy atom. The molecule has 0 bridgehead atoms. The highest BCUT2D eigenvalue weighted by molar-refractivity contribution is 9.10. The van der Waals surface area contributed by atoms with E-state index >= 15 is 0 Å². The molecule has 0 saturated carbocycles. The van der Waals surface area contributed by atoms with Crippen LogP contribution in [0.25, 0.3) is 11.4 Å². The van der Waals surface area contributed by atoms with Crippen LogP contribution < -0.4 is 15.6 Å². The van der Waals surface area contributed by atoms with Gasteiger partial charge in [-0.15, -0.1) is 0 Å². The maximum absolute atomic E-state index is 12.6. The summed E-state index contributed by atoms with van der Waals surface area (Å²) in [6.45, 7) is 11.5. The van der Waals surface area contributed by atoms with E-state index in [2.05, 4.69) is 38.1 Å². The topological polar surface area (TPSA) is 82.6 Å². The molecular weight excluding hydrogens is 470 g/mol. The lowest BCUT2D eigenvalue weighted by atomic mass is 10.1. The van der Waals surface area contributed by atoms with Gasteiger partial charge >= 0.3 is 0 Å². The first-order chi connectivity index (χ1) is 15.4. The number of nitrogens with zero attached hydrogens (tertiary/aromatic N) is 3. The Labute approximate surface area is 198 Å². The van der Waals surface area contributed by atoms with Crippen molar-refractivity contribution in [2.75, 3.05) is 31.6 Å². The smallest absolute Gasteiger partial charge is 0.265 e. The van der Waals surface area contributed by atoms with Gasteiger partial charge in [0, 0.05) is 25.3 Å². The Balaban J connectivity index is 2.02. The van der Waals surface area contributed by atoms with Crippen molar-refractivity contribution in [1.29, 1.82) is 0 Å². The number of aromatic nitrogens is 2. The first kappa shape index (κ1) is 24.3. The van der Waals surface area contributed by atoms with Crippen molar-refractivity contribution in [3.63, 3.8) is 0 Å². The van der Waals surface area contributed by atoms with Crippen LogP contribution in [0, 0.1) is 0 Å². The third-order valence-electron chi connectivity index (χ3n) is 5.35. The van der Waals surface area contributed by atoms with Gasteiger partial charge in [0.05, 0.1) is 17.9 Å². The lowest BCUT2D eigenvalue weighted by Crippen LogP contribution is -2.40. The maximum atomic E-state index is 12.6. The van der Waals surface area contributed by atoms with Gasteiger partial charge in [0.25, 0.3) is 5.56 Å². The normalized spacial score (nSPS) is 14.7. The van der Waals surface area contributed by atoms with Crippen molar-refractivity contribution in [3.05, 3.63) is 38.7 Å². The number of aromatic amines is 1. The first-order valence-electron chi connectivity index (χ1n) is 11.6. The molecule has 174 valence electrons. The van der Waals surface area contributed by atoms with Crippen LogP contribution in [0.5, 0.6) is 5.75 Å². The summed E-state index contributed by atoms with van der Waals surface area (Å²) in [5.74, 6) is 2.20. The van der Waals surface area contributed by atoms with Gasteiger partial charge in [-0.25, -0.2) is 4.98 Å². The number of rotatable bonds is 7. The average Bonchev–Trinajstić information content (AvgIpc) is 2.80. The molecule has 0 unspecified atom stereocenters. The van der Waals surface area contributed by atoms with E-state index in [0.717, 1.165) is 42.4 Å². The number of likely N-dealkylation sites (tertiary alicyclic amines) is 1. The molecule has 0 spiro atoms. The second-order valence-corrected chi connectivity index (χ2v) is 9.09. The molecule has 1 aliphatic heterocycles. The average molecular weight is 504 g/mol. The molecule has 2 heterocycles. The van der Waals surface area contributed by atoms with Crippen LogP contribution in [0.2, 0.25) is 0 Å². The molecule has 0 amide bonds. The predicted molar refractivity (Wildman–Crippen MR) is 135 cm³/mol. The van der Waals surface area contributed by atoms with Gasteiger partial charge in [0.2, 0.25) is 0 Å². The highest BCUT2D eigenvalue weighted by atomic mass is 79.9. The van der Waals surface area contributed by atoms with Crippen LogP contribution >= 0.6 is 15.9 Å². The molecule has 2 aromatic rings. The second-order valence-electron chi connectivity index (χ2n) is 8.30. The summed E-state index contributed by atoms with van der Waals surface area (Å²) in [7, 11) is 0. The zero-order valence-corrected chi connectivity index (χ0v) is 21.1. The predicted octanol–water partition coefficient (Wildman–Crippen LogP) is 5.39. The Kier molecular flexibility index (Phi) is 8.73. The van der Waals surface area contributed by atoms with Crippen molar-refractivity contribution in [1.82, 2.24) is 14.9 Å². The van der Waals surface area contributed by atoms with E-state index in [1.165, 1.54) is 19.3 Å². The molecule has 1 fully saturated rings. The number of piperidine rings is 1. The van der Waals surface area contributed by atoms with E-state index in [4.69, 9.17) is 14.7 Å². The van der Waals surface area contributed by atoms with Crippen molar-refractivity contribution < 1.29 is 4.74 Å². The Hall–Kier alpha value is -2.35. The zero-order valence-electron chi connectivity index (χ0n) is 19.5. The zero-order chi connectivity index (χ0) is 23.1. The van der Waals surface area contributed by atoms with Gasteiger partial charge in [-0.05, 0) is 72.7 Å². The minimum absolute atomic E-state index is 0.106. The first-order valence-corrected chi connectivity index (χ1v) is 12.4. The monoisotopic (exact) mass is 503 g/mol. The van der Waals surface area contributed by atoms with Crippen molar-refractivity contribution in [2.24, 2.45) is 4.99 Å². The molecule has 7 nitrogen and oxygen atoms in total. The van der Waals surface area contributed by atoms with Gasteiger partial charge in [0.15, 0.2) is 5.96 Å². The minimum atomic E-state index is -0.194. The Bertz CT molecular complexity index is 996. The summed E-state index contributed by atoms with van der Waals surface area (Å²) in [5, 5.41) is 3.50. The number of H-pyrrole nitrogens is 1. The fourth-order valence-corrected chi connectivity index (χ4v) is 4.37. The SMILES string of the molecule is CCCOc1ccc(N/C(=N/CC)N2CCCCC2)cc1-c1nc(C(C)C)c(Br)c(=O)[nH]1. The molecule has 2 N–H and O–H groups in total. The highest BCUT2D eigenvalue weighted by Gasteiger charge is 2.19. The molecule has 1 aliphatic rings. The molecular formula is C24H34BrN5O2. The fourth-order valence-electron chi connectivity index (χ4n) is 3.72. The van der Waals surface area contributed by atoms with Crippen molar-refractivity contribution >= 4 is 27.6 Å². The van der Waals surface area contributed by atoms with Crippen LogP contribution in [0.4, 0.5) is 5.69 Å². The van der Waals surface area contributed by atoms with Gasteiger partial charge in [0.1, 0.15) is 16.0 Å². The largest absolute Gasteiger partial charge is 0.493 e. The summed E-state index contributed by atoms with van der Waals surface area (Å²) in [5.41, 5.74) is 2.17. The van der Waals surface area contributed by atoms with Crippen molar-refractivity contribution in [2.45, 2.75) is 59.3 Å². The summed E-state index contributed by atoms with van der Waals surface area (Å²) in [6, 6.07) is 5.91. The van der Waals surface area contributed by atoms with E-state index in [-0.39, 0.29) is 11.5 Å². The van der Waals surface area contributed by atoms with Gasteiger partial charge in [-0.3, -0.25) is 9.79 Å². The van der Waals surface area contributed by atoms with Crippen LogP contribution in [0.3, 0.4) is 0 Å². The molecule has 1 saturated heterocycles. The van der Waals surface area contributed by atoms with E-state index < -0.39 is 0 Å². The van der Waals surface area contributed by atoms with Gasteiger partial charge in [-0.1, -0.05) is 20.8 Å². The Morgan fingerprint density at radius 3 is 2.69 bits per heavy atom. The number of ether oxygens (including phenoxy) is 1. The van der Waals surface area contributed by atoms with Crippen LogP contribution in [0.1, 0.15) is 65.0 Å². The van der Waals surface area contributed by atoms with Crippen LogP contribution in [-0.4, -0.2) is 47.1 Å². The number of aliphatic imine (C=N–C) groups is 1. The lowest BCUT2D eigenvalue weighted by molar-refractivity contribution is 0.318. The summed E-state index contributed by atoms with van der Waals surface area (Å²) in [4.78, 5) is 27.3. The van der Waals surface area contributed by atoms with Gasteiger partial charge in [-0.2, -0.15) is 0 Å².